The van der Waals surface area contributed by atoms with E-state index in [1.807, 2.05) is 4.90 Å². The van der Waals surface area contributed by atoms with Gasteiger partial charge in [0.25, 0.3) is 0 Å². The normalized spacial score (nSPS) is 18.1. The summed E-state index contributed by atoms with van der Waals surface area (Å²) < 4.78 is 37.8. The highest BCUT2D eigenvalue weighted by Crippen LogP contribution is 2.31. The van der Waals surface area contributed by atoms with Crippen LogP contribution >= 0.6 is 15.9 Å². The average molecular weight is 323 g/mol. The first-order valence-corrected chi connectivity index (χ1v) is 6.97. The number of pyridine rings is 1. The predicted octanol–water partition coefficient (Wildman–Crippen LogP) is 3.71. The maximum absolute atomic E-state index is 12.6. The van der Waals surface area contributed by atoms with Crippen molar-refractivity contribution in [3.63, 3.8) is 0 Å². The Morgan fingerprint density at radius 3 is 2.56 bits per heavy atom. The number of hydrogen-bond donors (Lipinski definition) is 0. The lowest BCUT2D eigenvalue weighted by Crippen LogP contribution is -2.34. The first kappa shape index (κ1) is 13.6. The molecule has 1 aromatic heterocycles. The van der Waals surface area contributed by atoms with Gasteiger partial charge in [-0.15, -0.1) is 0 Å². The lowest BCUT2D eigenvalue weighted by molar-refractivity contribution is -0.137. The fourth-order valence-electron chi connectivity index (χ4n) is 2.08. The maximum atomic E-state index is 12.6. The summed E-state index contributed by atoms with van der Waals surface area (Å²) in [6, 6.07) is 2.14. The van der Waals surface area contributed by atoms with Gasteiger partial charge in [-0.2, -0.15) is 13.2 Å². The molecule has 0 aromatic carbocycles. The minimum atomic E-state index is -4.30. The highest BCUT2D eigenvalue weighted by molar-refractivity contribution is 9.09. The van der Waals surface area contributed by atoms with E-state index in [-0.39, 0.29) is 0 Å². The summed E-state index contributed by atoms with van der Waals surface area (Å²) >= 11 is 3.44. The predicted molar refractivity (Wildman–Crippen MR) is 68.0 cm³/mol. The van der Waals surface area contributed by atoms with Crippen LogP contribution in [0.25, 0.3) is 0 Å². The number of piperidine rings is 1. The quantitative estimate of drug-likeness (QED) is 0.772. The molecule has 0 bridgehead atoms. The molecule has 100 valence electrons. The summed E-state index contributed by atoms with van der Waals surface area (Å²) in [5.74, 6) is 1.05. The fourth-order valence-corrected chi connectivity index (χ4v) is 2.73. The van der Waals surface area contributed by atoms with E-state index in [0.29, 0.717) is 11.7 Å². The number of hydrogen-bond acceptors (Lipinski definition) is 2. The molecule has 0 N–H and O–H groups in total. The summed E-state index contributed by atoms with van der Waals surface area (Å²) in [5, 5.41) is 0.955. The van der Waals surface area contributed by atoms with Gasteiger partial charge in [-0.05, 0) is 30.9 Å². The van der Waals surface area contributed by atoms with Crippen LogP contribution in [0.5, 0.6) is 0 Å². The van der Waals surface area contributed by atoms with Crippen molar-refractivity contribution in [3.05, 3.63) is 23.9 Å². The number of aromatic nitrogens is 1. The van der Waals surface area contributed by atoms with Crippen LogP contribution in [-0.4, -0.2) is 23.4 Å². The molecule has 1 aliphatic heterocycles. The van der Waals surface area contributed by atoms with E-state index in [9.17, 15) is 13.2 Å². The minimum Gasteiger partial charge on any atom is -0.357 e. The zero-order valence-corrected chi connectivity index (χ0v) is 11.3. The Bertz CT molecular complexity index is 401. The molecule has 1 aliphatic rings. The van der Waals surface area contributed by atoms with Crippen LogP contribution in [0, 0.1) is 5.92 Å². The first-order chi connectivity index (χ1) is 8.50. The van der Waals surface area contributed by atoms with Crippen molar-refractivity contribution in [1.82, 2.24) is 4.98 Å². The number of rotatable bonds is 2. The SMILES string of the molecule is FC(F)(F)c1ccnc(N2CCC(CBr)CC2)c1. The molecule has 2 rings (SSSR count). The lowest BCUT2D eigenvalue weighted by Gasteiger charge is -2.32. The van der Waals surface area contributed by atoms with Gasteiger partial charge in [-0.25, -0.2) is 4.98 Å². The van der Waals surface area contributed by atoms with Crippen molar-refractivity contribution in [2.75, 3.05) is 23.3 Å². The lowest BCUT2D eigenvalue weighted by atomic mass is 9.99. The van der Waals surface area contributed by atoms with Crippen LogP contribution in [0.1, 0.15) is 18.4 Å². The van der Waals surface area contributed by atoms with Gasteiger partial charge < -0.3 is 4.90 Å². The molecule has 0 amide bonds. The van der Waals surface area contributed by atoms with Crippen LogP contribution < -0.4 is 4.90 Å². The molecule has 0 spiro atoms. The van der Waals surface area contributed by atoms with Gasteiger partial charge in [-0.3, -0.25) is 0 Å². The molecule has 18 heavy (non-hydrogen) atoms. The molecule has 0 atom stereocenters. The van der Waals surface area contributed by atoms with Crippen LogP contribution in [0.2, 0.25) is 0 Å². The van der Waals surface area contributed by atoms with Gasteiger partial charge in [0, 0.05) is 24.6 Å². The van der Waals surface area contributed by atoms with Gasteiger partial charge in [0.1, 0.15) is 5.82 Å². The second kappa shape index (κ2) is 5.47. The molecular formula is C12H14BrF3N2. The number of nitrogens with zero attached hydrogens (tertiary/aromatic N) is 2. The topological polar surface area (TPSA) is 16.1 Å². The molecule has 2 heterocycles. The highest BCUT2D eigenvalue weighted by Gasteiger charge is 2.31. The zero-order valence-electron chi connectivity index (χ0n) is 9.75. The molecular weight excluding hydrogens is 309 g/mol. The number of alkyl halides is 4. The van der Waals surface area contributed by atoms with Crippen molar-refractivity contribution < 1.29 is 13.2 Å². The van der Waals surface area contributed by atoms with Gasteiger partial charge in [-0.1, -0.05) is 15.9 Å². The van der Waals surface area contributed by atoms with Gasteiger partial charge in [0.2, 0.25) is 0 Å². The third-order valence-corrected chi connectivity index (χ3v) is 4.15. The van der Waals surface area contributed by atoms with Crippen molar-refractivity contribution >= 4 is 21.7 Å². The molecule has 0 saturated carbocycles. The molecule has 1 fully saturated rings. The van der Waals surface area contributed by atoms with Gasteiger partial charge in [0.05, 0.1) is 5.56 Å². The number of anilines is 1. The average Bonchev–Trinajstić information content (AvgIpc) is 2.38. The minimum absolute atomic E-state index is 0.429. The summed E-state index contributed by atoms with van der Waals surface area (Å²) in [4.78, 5) is 5.97. The second-order valence-electron chi connectivity index (χ2n) is 4.49. The Morgan fingerprint density at radius 1 is 1.33 bits per heavy atom. The fraction of sp³-hybridized carbons (Fsp3) is 0.583. The van der Waals surface area contributed by atoms with E-state index < -0.39 is 11.7 Å². The Kier molecular flexibility index (Phi) is 4.14. The molecule has 1 aromatic rings. The van der Waals surface area contributed by atoms with E-state index in [1.165, 1.54) is 6.20 Å². The third kappa shape index (κ3) is 3.16. The van der Waals surface area contributed by atoms with E-state index in [0.717, 1.165) is 43.4 Å². The van der Waals surface area contributed by atoms with Crippen LogP contribution in [0.4, 0.5) is 19.0 Å². The molecule has 0 radical (unpaired) electrons. The highest BCUT2D eigenvalue weighted by atomic mass is 79.9. The Labute approximate surface area is 112 Å². The van der Waals surface area contributed by atoms with Crippen molar-refractivity contribution in [1.29, 1.82) is 0 Å². The first-order valence-electron chi connectivity index (χ1n) is 5.85. The third-order valence-electron chi connectivity index (χ3n) is 3.23. The van der Waals surface area contributed by atoms with E-state index >= 15 is 0 Å². The Hall–Kier alpha value is -0.780. The van der Waals surface area contributed by atoms with Crippen molar-refractivity contribution in [2.45, 2.75) is 19.0 Å². The van der Waals surface area contributed by atoms with Gasteiger partial charge >= 0.3 is 6.18 Å². The van der Waals surface area contributed by atoms with Crippen LogP contribution in [0.15, 0.2) is 18.3 Å². The number of halogens is 4. The summed E-state index contributed by atoms with van der Waals surface area (Å²) in [6.07, 6.45) is -1.09. The summed E-state index contributed by atoms with van der Waals surface area (Å²) in [5.41, 5.74) is -0.630. The Balaban J connectivity index is 2.10. The monoisotopic (exact) mass is 322 g/mol. The summed E-state index contributed by atoms with van der Waals surface area (Å²) in [6.45, 7) is 1.54. The van der Waals surface area contributed by atoms with Gasteiger partial charge in [0.15, 0.2) is 0 Å². The molecule has 2 nitrogen and oxygen atoms in total. The van der Waals surface area contributed by atoms with Crippen molar-refractivity contribution in [2.24, 2.45) is 5.92 Å². The van der Waals surface area contributed by atoms with E-state index in [4.69, 9.17) is 0 Å². The maximum Gasteiger partial charge on any atom is 0.416 e. The standard InChI is InChI=1S/C12H14BrF3N2/c13-8-9-2-5-18(6-3-9)11-7-10(1-4-17-11)12(14,15)16/h1,4,7,9H,2-3,5-6,8H2. The summed E-state index contributed by atoms with van der Waals surface area (Å²) in [7, 11) is 0. The van der Waals surface area contributed by atoms with Crippen LogP contribution in [-0.2, 0) is 6.18 Å². The van der Waals surface area contributed by atoms with E-state index in [2.05, 4.69) is 20.9 Å². The smallest absolute Gasteiger partial charge is 0.357 e. The largest absolute Gasteiger partial charge is 0.416 e. The Morgan fingerprint density at radius 2 is 2.00 bits per heavy atom. The van der Waals surface area contributed by atoms with E-state index in [1.54, 1.807) is 0 Å². The molecule has 0 aliphatic carbocycles. The second-order valence-corrected chi connectivity index (χ2v) is 5.13. The zero-order chi connectivity index (χ0) is 13.2. The van der Waals surface area contributed by atoms with Crippen molar-refractivity contribution in [3.8, 4) is 0 Å². The molecule has 6 heteroatoms. The molecule has 0 unspecified atom stereocenters. The van der Waals surface area contributed by atoms with Crippen LogP contribution in [0.3, 0.4) is 0 Å². The molecule has 1 saturated heterocycles.